The molecule has 0 aliphatic heterocycles. The largest absolute Gasteiger partial charge is 0.360 e. The summed E-state index contributed by atoms with van der Waals surface area (Å²) in [5.74, 6) is 0. The minimum atomic E-state index is -0.448. The van der Waals surface area contributed by atoms with Crippen molar-refractivity contribution in [3.63, 3.8) is 0 Å². The topological polar surface area (TPSA) is 93.8 Å². The van der Waals surface area contributed by atoms with Crippen molar-refractivity contribution in [2.24, 2.45) is 0 Å². The minimum Gasteiger partial charge on any atom is -0.360 e. The zero-order valence-corrected chi connectivity index (χ0v) is 11.8. The van der Waals surface area contributed by atoms with Crippen LogP contribution in [-0.2, 0) is 0 Å². The van der Waals surface area contributed by atoms with Crippen molar-refractivity contribution in [1.29, 1.82) is 0 Å². The standard InChI is InChI=1S/C8H9N5O2S3/c1-2-3-9-6-11-12-8(17-6)18-7-10-4-5(16-7)13(14)15/h4H,2-3H2,1H3,(H,9,11). The molecule has 2 rings (SSSR count). The summed E-state index contributed by atoms with van der Waals surface area (Å²) in [6.07, 6.45) is 2.27. The number of aromatic nitrogens is 3. The van der Waals surface area contributed by atoms with Crippen LogP contribution in [0.4, 0.5) is 10.1 Å². The molecule has 0 bridgehead atoms. The van der Waals surface area contributed by atoms with Gasteiger partial charge in [0.2, 0.25) is 5.13 Å². The zero-order chi connectivity index (χ0) is 13.0. The van der Waals surface area contributed by atoms with E-state index < -0.39 is 4.92 Å². The number of hydrogen-bond acceptors (Lipinski definition) is 9. The first-order valence-electron chi connectivity index (χ1n) is 5.04. The quantitative estimate of drug-likeness (QED) is 0.647. The molecule has 1 N–H and O–H groups in total. The summed E-state index contributed by atoms with van der Waals surface area (Å²) in [5.41, 5.74) is 0. The van der Waals surface area contributed by atoms with Gasteiger partial charge < -0.3 is 5.32 Å². The molecule has 0 atom stereocenters. The third-order valence-corrected chi connectivity index (χ3v) is 4.72. The Morgan fingerprint density at radius 2 is 2.28 bits per heavy atom. The second kappa shape index (κ2) is 6.07. The van der Waals surface area contributed by atoms with E-state index in [-0.39, 0.29) is 5.00 Å². The van der Waals surface area contributed by atoms with Crippen LogP contribution in [0.3, 0.4) is 0 Å². The Bertz CT molecular complexity index is 540. The molecule has 0 spiro atoms. The molecule has 7 nitrogen and oxygen atoms in total. The molecule has 0 aromatic carbocycles. The Morgan fingerprint density at radius 1 is 1.44 bits per heavy atom. The molecule has 2 aromatic rings. The van der Waals surface area contributed by atoms with E-state index in [4.69, 9.17) is 0 Å². The van der Waals surface area contributed by atoms with Crippen LogP contribution in [0.2, 0.25) is 0 Å². The zero-order valence-electron chi connectivity index (χ0n) is 9.32. The lowest BCUT2D eigenvalue weighted by Crippen LogP contribution is -1.98. The molecule has 0 radical (unpaired) electrons. The van der Waals surface area contributed by atoms with Crippen LogP contribution in [0.5, 0.6) is 0 Å². The van der Waals surface area contributed by atoms with Gasteiger partial charge in [0.25, 0.3) is 0 Å². The van der Waals surface area contributed by atoms with E-state index in [9.17, 15) is 10.1 Å². The van der Waals surface area contributed by atoms with Crippen LogP contribution in [0.15, 0.2) is 14.9 Å². The highest BCUT2D eigenvalue weighted by molar-refractivity contribution is 8.02. The molecule has 0 aliphatic carbocycles. The first-order valence-corrected chi connectivity index (χ1v) is 7.49. The fourth-order valence-corrected chi connectivity index (χ4v) is 3.77. The van der Waals surface area contributed by atoms with Gasteiger partial charge in [0.1, 0.15) is 6.20 Å². The van der Waals surface area contributed by atoms with Crippen LogP contribution in [0.1, 0.15) is 13.3 Å². The summed E-state index contributed by atoms with van der Waals surface area (Å²) in [6.45, 7) is 2.92. The predicted octanol–water partition coefficient (Wildman–Crippen LogP) is 2.88. The Kier molecular flexibility index (Phi) is 4.44. The average Bonchev–Trinajstić information content (AvgIpc) is 2.96. The third kappa shape index (κ3) is 3.37. The van der Waals surface area contributed by atoms with Gasteiger partial charge in [-0.3, -0.25) is 10.1 Å². The molecular weight excluding hydrogens is 294 g/mol. The molecule has 0 amide bonds. The summed E-state index contributed by atoms with van der Waals surface area (Å²) in [6, 6.07) is 0. The van der Waals surface area contributed by atoms with Gasteiger partial charge in [-0.15, -0.1) is 10.2 Å². The SMILES string of the molecule is CCCNc1nnc(Sc2ncc([N+](=O)[O-])s2)s1. The fraction of sp³-hybridized carbons (Fsp3) is 0.375. The van der Waals surface area contributed by atoms with Gasteiger partial charge in [-0.05, 0) is 29.5 Å². The van der Waals surface area contributed by atoms with Gasteiger partial charge in [0.05, 0.1) is 4.92 Å². The van der Waals surface area contributed by atoms with Crippen LogP contribution in [-0.4, -0.2) is 26.6 Å². The number of anilines is 1. The number of thiazole rings is 1. The first-order chi connectivity index (χ1) is 8.69. The van der Waals surface area contributed by atoms with Crippen LogP contribution in [0, 0.1) is 10.1 Å². The number of hydrogen-bond donors (Lipinski definition) is 1. The Morgan fingerprint density at radius 3 is 2.94 bits per heavy atom. The smallest absolute Gasteiger partial charge is 0.344 e. The number of rotatable bonds is 6. The van der Waals surface area contributed by atoms with E-state index >= 15 is 0 Å². The van der Waals surface area contributed by atoms with Gasteiger partial charge >= 0.3 is 5.00 Å². The van der Waals surface area contributed by atoms with Crippen molar-refractivity contribution in [2.75, 3.05) is 11.9 Å². The molecule has 2 aromatic heterocycles. The van der Waals surface area contributed by atoms with E-state index in [1.807, 2.05) is 0 Å². The Labute approximate surface area is 115 Å². The first kappa shape index (κ1) is 13.2. The maximum absolute atomic E-state index is 10.5. The summed E-state index contributed by atoms with van der Waals surface area (Å²) >= 11 is 3.73. The van der Waals surface area contributed by atoms with E-state index in [1.165, 1.54) is 29.3 Å². The molecule has 0 aliphatic rings. The van der Waals surface area contributed by atoms with Crippen LogP contribution in [0.25, 0.3) is 0 Å². The van der Waals surface area contributed by atoms with E-state index in [2.05, 4.69) is 27.4 Å². The lowest BCUT2D eigenvalue weighted by atomic mass is 10.5. The lowest BCUT2D eigenvalue weighted by Gasteiger charge is -1.95. The molecule has 0 unspecified atom stereocenters. The summed E-state index contributed by atoms with van der Waals surface area (Å²) in [7, 11) is 0. The van der Waals surface area contributed by atoms with Gasteiger partial charge in [-0.25, -0.2) is 4.98 Å². The summed E-state index contributed by atoms with van der Waals surface area (Å²) in [5, 5.41) is 22.4. The van der Waals surface area contributed by atoms with Gasteiger partial charge in [0, 0.05) is 6.54 Å². The van der Waals surface area contributed by atoms with Crippen molar-refractivity contribution < 1.29 is 4.92 Å². The lowest BCUT2D eigenvalue weighted by molar-refractivity contribution is -0.380. The minimum absolute atomic E-state index is 0.0337. The molecule has 18 heavy (non-hydrogen) atoms. The van der Waals surface area contributed by atoms with Crippen molar-refractivity contribution >= 4 is 44.6 Å². The molecule has 0 fully saturated rings. The van der Waals surface area contributed by atoms with Crippen molar-refractivity contribution in [2.45, 2.75) is 22.0 Å². The molecule has 10 heteroatoms. The monoisotopic (exact) mass is 303 g/mol. The van der Waals surface area contributed by atoms with Crippen LogP contribution >= 0.6 is 34.4 Å². The molecule has 96 valence electrons. The van der Waals surface area contributed by atoms with Crippen molar-refractivity contribution in [3.8, 4) is 0 Å². The van der Waals surface area contributed by atoms with Crippen LogP contribution < -0.4 is 5.32 Å². The van der Waals surface area contributed by atoms with Gasteiger partial charge in [0.15, 0.2) is 8.68 Å². The molecule has 0 saturated carbocycles. The fourth-order valence-electron chi connectivity index (χ4n) is 1.01. The molecule has 0 saturated heterocycles. The predicted molar refractivity (Wildman–Crippen MR) is 71.6 cm³/mol. The highest BCUT2D eigenvalue weighted by Gasteiger charge is 2.14. The average molecular weight is 303 g/mol. The normalized spacial score (nSPS) is 10.5. The molecule has 2 heterocycles. The molecular formula is C8H9N5O2S3. The maximum Gasteiger partial charge on any atom is 0.344 e. The second-order valence-corrected chi connectivity index (χ2v) is 6.60. The highest BCUT2D eigenvalue weighted by Crippen LogP contribution is 2.36. The third-order valence-electron chi connectivity index (χ3n) is 1.76. The van der Waals surface area contributed by atoms with Gasteiger partial charge in [-0.2, -0.15) is 0 Å². The highest BCUT2D eigenvalue weighted by atomic mass is 32.2. The van der Waals surface area contributed by atoms with Crippen molar-refractivity contribution in [3.05, 3.63) is 16.3 Å². The van der Waals surface area contributed by atoms with E-state index in [1.54, 1.807) is 0 Å². The van der Waals surface area contributed by atoms with Gasteiger partial charge in [-0.1, -0.05) is 18.3 Å². The summed E-state index contributed by atoms with van der Waals surface area (Å²) < 4.78 is 1.32. The van der Waals surface area contributed by atoms with E-state index in [0.717, 1.165) is 33.8 Å². The Hall–Kier alpha value is -1.26. The summed E-state index contributed by atoms with van der Waals surface area (Å²) in [4.78, 5) is 14.0. The van der Waals surface area contributed by atoms with E-state index in [0.29, 0.717) is 4.34 Å². The maximum atomic E-state index is 10.5. The Balaban J connectivity index is 1.99. The number of nitrogens with zero attached hydrogens (tertiary/aromatic N) is 4. The van der Waals surface area contributed by atoms with Crippen molar-refractivity contribution in [1.82, 2.24) is 15.2 Å². The second-order valence-electron chi connectivity index (χ2n) is 3.12. The number of nitro groups is 1. The number of nitrogens with one attached hydrogen (secondary N) is 1.